The third-order valence-electron chi connectivity index (χ3n) is 2.80. The van der Waals surface area contributed by atoms with E-state index in [0.717, 1.165) is 0 Å². The van der Waals surface area contributed by atoms with Crippen LogP contribution in [0.2, 0.25) is 0 Å². The summed E-state index contributed by atoms with van der Waals surface area (Å²) < 4.78 is 2.29. The second-order valence-electron chi connectivity index (χ2n) is 4.17. The number of anilines is 1. The van der Waals surface area contributed by atoms with Crippen molar-refractivity contribution in [1.82, 2.24) is 4.57 Å². The number of pyridine rings is 1. The number of halogens is 1. The van der Waals surface area contributed by atoms with Gasteiger partial charge in [-0.2, -0.15) is 0 Å². The van der Waals surface area contributed by atoms with Crippen LogP contribution in [0.3, 0.4) is 0 Å². The highest BCUT2D eigenvalue weighted by atomic mass is 79.9. The van der Waals surface area contributed by atoms with Crippen molar-refractivity contribution in [3.05, 3.63) is 56.9 Å². The summed E-state index contributed by atoms with van der Waals surface area (Å²) in [5, 5.41) is 12.1. The van der Waals surface area contributed by atoms with Crippen LogP contribution in [0.25, 0.3) is 0 Å². The third kappa shape index (κ3) is 3.08. The Hall–Kier alpha value is -2.08. The molecule has 0 spiro atoms. The molecule has 0 atom stereocenters. The number of phenols is 1. The minimum absolute atomic E-state index is 0.0309. The number of aromatic hydroxyl groups is 1. The van der Waals surface area contributed by atoms with E-state index in [2.05, 4.69) is 21.2 Å². The fourth-order valence-corrected chi connectivity index (χ4v) is 1.91. The number of amides is 1. The van der Waals surface area contributed by atoms with Gasteiger partial charge >= 0.3 is 0 Å². The number of carbonyl (C=O) groups is 1. The van der Waals surface area contributed by atoms with Crippen molar-refractivity contribution >= 4 is 27.5 Å². The van der Waals surface area contributed by atoms with E-state index >= 15 is 0 Å². The summed E-state index contributed by atoms with van der Waals surface area (Å²) in [6.45, 7) is 2.63. The van der Waals surface area contributed by atoms with E-state index in [9.17, 15) is 14.7 Å². The molecule has 0 saturated carbocycles. The fraction of sp³-hybridized carbons (Fsp3) is 0.143. The molecule has 0 radical (unpaired) electrons. The summed E-state index contributed by atoms with van der Waals surface area (Å²) in [5.74, 6) is -0.476. The number of benzene rings is 1. The Kier molecular flexibility index (Phi) is 4.24. The standard InChI is InChI=1S/C14H13BrN2O3/c1-2-17-6-5-12(18)11(8-17)16-14(20)9-3-4-10(15)13(19)7-9/h3-8,19H,2H2,1H3,(H,16,20). The maximum Gasteiger partial charge on any atom is 0.255 e. The van der Waals surface area contributed by atoms with Crippen LogP contribution in [0, 0.1) is 0 Å². The number of aryl methyl sites for hydroxylation is 1. The van der Waals surface area contributed by atoms with Crippen LogP contribution < -0.4 is 10.7 Å². The van der Waals surface area contributed by atoms with Gasteiger partial charge in [0.05, 0.1) is 4.47 Å². The molecular formula is C14H13BrN2O3. The molecule has 0 aliphatic heterocycles. The first-order valence-electron chi connectivity index (χ1n) is 6.01. The first-order valence-corrected chi connectivity index (χ1v) is 6.80. The van der Waals surface area contributed by atoms with Crippen molar-refractivity contribution in [2.45, 2.75) is 13.5 Å². The van der Waals surface area contributed by atoms with E-state index in [4.69, 9.17) is 0 Å². The maximum atomic E-state index is 12.0. The average molecular weight is 337 g/mol. The van der Waals surface area contributed by atoms with E-state index in [1.54, 1.807) is 29.1 Å². The maximum absolute atomic E-state index is 12.0. The molecule has 1 aromatic heterocycles. The van der Waals surface area contributed by atoms with E-state index in [-0.39, 0.29) is 22.4 Å². The molecule has 20 heavy (non-hydrogen) atoms. The van der Waals surface area contributed by atoms with Crippen LogP contribution in [0.15, 0.2) is 45.9 Å². The molecule has 1 amide bonds. The van der Waals surface area contributed by atoms with Gasteiger partial charge in [0.15, 0.2) is 0 Å². The predicted octanol–water partition coefficient (Wildman–Crippen LogP) is 2.59. The van der Waals surface area contributed by atoms with Crippen molar-refractivity contribution in [2.75, 3.05) is 5.32 Å². The van der Waals surface area contributed by atoms with Crippen molar-refractivity contribution < 1.29 is 9.90 Å². The summed E-state index contributed by atoms with van der Waals surface area (Å²) in [5.41, 5.74) is 0.225. The van der Waals surface area contributed by atoms with Gasteiger partial charge in [-0.15, -0.1) is 0 Å². The second kappa shape index (κ2) is 5.92. The van der Waals surface area contributed by atoms with Crippen molar-refractivity contribution in [1.29, 1.82) is 0 Å². The number of nitrogens with zero attached hydrogens (tertiary/aromatic N) is 1. The van der Waals surface area contributed by atoms with Crippen LogP contribution in [-0.2, 0) is 6.54 Å². The molecule has 2 N–H and O–H groups in total. The van der Waals surface area contributed by atoms with Crippen molar-refractivity contribution in [2.24, 2.45) is 0 Å². The lowest BCUT2D eigenvalue weighted by Gasteiger charge is -2.08. The fourth-order valence-electron chi connectivity index (χ4n) is 1.66. The van der Waals surface area contributed by atoms with Gasteiger partial charge in [0.2, 0.25) is 5.43 Å². The molecule has 6 heteroatoms. The zero-order valence-corrected chi connectivity index (χ0v) is 12.3. The van der Waals surface area contributed by atoms with Gasteiger partial charge in [-0.05, 0) is 41.1 Å². The number of phenolic OH excluding ortho intramolecular Hbond substituents is 1. The Morgan fingerprint density at radius 1 is 1.40 bits per heavy atom. The lowest BCUT2D eigenvalue weighted by Crippen LogP contribution is -2.19. The summed E-state index contributed by atoms with van der Waals surface area (Å²) in [7, 11) is 0. The molecule has 0 saturated heterocycles. The van der Waals surface area contributed by atoms with Crippen LogP contribution in [0.4, 0.5) is 5.69 Å². The Morgan fingerprint density at radius 2 is 2.15 bits per heavy atom. The molecule has 0 aliphatic rings. The SMILES string of the molecule is CCn1ccc(=O)c(NC(=O)c2ccc(Br)c(O)c2)c1. The van der Waals surface area contributed by atoms with Crippen LogP contribution >= 0.6 is 15.9 Å². The topological polar surface area (TPSA) is 71.3 Å². The molecular weight excluding hydrogens is 324 g/mol. The van der Waals surface area contributed by atoms with Gasteiger partial charge in [0.25, 0.3) is 5.91 Å². The Morgan fingerprint density at radius 3 is 2.80 bits per heavy atom. The number of nitrogens with one attached hydrogen (secondary N) is 1. The molecule has 1 heterocycles. The normalized spacial score (nSPS) is 10.3. The molecule has 0 bridgehead atoms. The lowest BCUT2D eigenvalue weighted by atomic mass is 10.2. The van der Waals surface area contributed by atoms with Crippen molar-refractivity contribution in [3.8, 4) is 5.75 Å². The molecule has 104 valence electrons. The highest BCUT2D eigenvalue weighted by molar-refractivity contribution is 9.10. The quantitative estimate of drug-likeness (QED) is 0.904. The van der Waals surface area contributed by atoms with Gasteiger partial charge < -0.3 is 15.0 Å². The van der Waals surface area contributed by atoms with Crippen LogP contribution in [0.1, 0.15) is 17.3 Å². The van der Waals surface area contributed by atoms with Gasteiger partial charge in [-0.1, -0.05) is 0 Å². The van der Waals surface area contributed by atoms with Gasteiger partial charge in [-0.25, -0.2) is 0 Å². The number of hydrogen-bond acceptors (Lipinski definition) is 3. The molecule has 0 unspecified atom stereocenters. The summed E-state index contributed by atoms with van der Waals surface area (Å²) in [6, 6.07) is 5.86. The van der Waals surface area contributed by atoms with E-state index < -0.39 is 5.91 Å². The Bertz CT molecular complexity index is 710. The second-order valence-corrected chi connectivity index (χ2v) is 5.03. The van der Waals surface area contributed by atoms with Gasteiger partial charge in [0.1, 0.15) is 11.4 Å². The summed E-state index contributed by atoms with van der Waals surface area (Å²) >= 11 is 3.14. The minimum Gasteiger partial charge on any atom is -0.507 e. The molecule has 0 fully saturated rings. The summed E-state index contributed by atoms with van der Waals surface area (Å²) in [6.07, 6.45) is 3.24. The number of carbonyl (C=O) groups excluding carboxylic acids is 1. The van der Waals surface area contributed by atoms with E-state index in [0.29, 0.717) is 11.0 Å². The smallest absolute Gasteiger partial charge is 0.255 e. The Labute approximate surface area is 124 Å². The monoisotopic (exact) mass is 336 g/mol. The number of aromatic nitrogens is 1. The lowest BCUT2D eigenvalue weighted by molar-refractivity contribution is 0.102. The van der Waals surface area contributed by atoms with Crippen LogP contribution in [0.5, 0.6) is 5.75 Å². The first kappa shape index (κ1) is 14.3. The van der Waals surface area contributed by atoms with Crippen molar-refractivity contribution in [3.63, 3.8) is 0 Å². The van der Waals surface area contributed by atoms with E-state index in [1.807, 2.05) is 6.92 Å². The highest BCUT2D eigenvalue weighted by Gasteiger charge is 2.10. The van der Waals surface area contributed by atoms with E-state index in [1.165, 1.54) is 12.1 Å². The molecule has 1 aromatic carbocycles. The number of hydrogen-bond donors (Lipinski definition) is 2. The molecule has 2 rings (SSSR count). The highest BCUT2D eigenvalue weighted by Crippen LogP contribution is 2.24. The minimum atomic E-state index is -0.446. The average Bonchev–Trinajstić information content (AvgIpc) is 2.44. The zero-order chi connectivity index (χ0) is 14.7. The zero-order valence-electron chi connectivity index (χ0n) is 10.8. The molecule has 0 aliphatic carbocycles. The first-order chi connectivity index (χ1) is 9.51. The third-order valence-corrected chi connectivity index (χ3v) is 3.47. The number of rotatable bonds is 3. The predicted molar refractivity (Wildman–Crippen MR) is 80.1 cm³/mol. The van der Waals surface area contributed by atoms with Gasteiger partial charge in [-0.3, -0.25) is 9.59 Å². The van der Waals surface area contributed by atoms with Gasteiger partial charge in [0, 0.05) is 30.6 Å². The largest absolute Gasteiger partial charge is 0.507 e. The molecule has 5 nitrogen and oxygen atoms in total. The summed E-state index contributed by atoms with van der Waals surface area (Å²) in [4.78, 5) is 23.7. The Balaban J connectivity index is 2.27. The molecule has 2 aromatic rings. The van der Waals surface area contributed by atoms with Crippen LogP contribution in [-0.4, -0.2) is 15.6 Å².